The molecule has 1 heterocycles. The van der Waals surface area contributed by atoms with Crippen LogP contribution in [0.5, 0.6) is 11.5 Å². The Labute approximate surface area is 100 Å². The standard InChI is InChI=1S/C14H12NO2/c1-15-11-6-2-4-8-13(11)16-10-17-14-9-5-3-7-12(14)15/h2-9H,1,10H2/q-1. The van der Waals surface area contributed by atoms with Crippen molar-refractivity contribution in [1.82, 2.24) is 0 Å². The molecule has 0 fully saturated rings. The molecule has 0 saturated carbocycles. The van der Waals surface area contributed by atoms with Crippen LogP contribution in [0.3, 0.4) is 0 Å². The van der Waals surface area contributed by atoms with E-state index in [1.807, 2.05) is 53.4 Å². The molecule has 0 bridgehead atoms. The average molecular weight is 226 g/mol. The van der Waals surface area contributed by atoms with Gasteiger partial charge in [0.25, 0.3) is 0 Å². The Bertz CT molecular complexity index is 492. The predicted octanol–water partition coefficient (Wildman–Crippen LogP) is 3.34. The summed E-state index contributed by atoms with van der Waals surface area (Å²) in [6.07, 6.45) is 0. The van der Waals surface area contributed by atoms with Crippen molar-refractivity contribution in [3.05, 3.63) is 55.6 Å². The lowest BCUT2D eigenvalue weighted by molar-refractivity contribution is 0.119. The fraction of sp³-hybridized carbons (Fsp3) is 0.0714. The van der Waals surface area contributed by atoms with Crippen LogP contribution in [-0.2, 0) is 0 Å². The number of hydrogen-bond donors (Lipinski definition) is 0. The first-order chi connectivity index (χ1) is 8.36. The molecule has 0 aliphatic carbocycles. The van der Waals surface area contributed by atoms with Crippen molar-refractivity contribution >= 4 is 11.4 Å². The summed E-state index contributed by atoms with van der Waals surface area (Å²) in [4.78, 5) is 1.82. The second-order valence-electron chi connectivity index (χ2n) is 3.77. The summed E-state index contributed by atoms with van der Waals surface area (Å²) in [5.41, 5.74) is 1.87. The average Bonchev–Trinajstić information content (AvgIpc) is 2.37. The quantitative estimate of drug-likeness (QED) is 0.643. The molecule has 3 nitrogen and oxygen atoms in total. The van der Waals surface area contributed by atoms with Crippen LogP contribution in [-0.4, -0.2) is 6.79 Å². The van der Waals surface area contributed by atoms with E-state index in [0.29, 0.717) is 0 Å². The SMILES string of the molecule is [CH2-]N1c2ccccc2OCOc2ccccc21. The van der Waals surface area contributed by atoms with Gasteiger partial charge in [0.2, 0.25) is 6.79 Å². The van der Waals surface area contributed by atoms with E-state index in [1.165, 1.54) is 0 Å². The van der Waals surface area contributed by atoms with Crippen molar-refractivity contribution in [1.29, 1.82) is 0 Å². The molecule has 0 spiro atoms. The van der Waals surface area contributed by atoms with Crippen LogP contribution < -0.4 is 14.4 Å². The monoisotopic (exact) mass is 226 g/mol. The molecular formula is C14H12NO2-. The Morgan fingerprint density at radius 2 is 1.29 bits per heavy atom. The highest BCUT2D eigenvalue weighted by Gasteiger charge is 2.12. The summed E-state index contributed by atoms with van der Waals surface area (Å²) >= 11 is 0. The summed E-state index contributed by atoms with van der Waals surface area (Å²) in [6.45, 7) is 0.210. The Balaban J connectivity index is 2.15. The van der Waals surface area contributed by atoms with Gasteiger partial charge < -0.3 is 14.4 Å². The molecule has 0 unspecified atom stereocenters. The third-order valence-electron chi connectivity index (χ3n) is 2.74. The summed E-state index contributed by atoms with van der Waals surface area (Å²) in [7, 11) is 4.06. The number of nitrogens with zero attached hydrogens (tertiary/aromatic N) is 1. The van der Waals surface area contributed by atoms with Crippen LogP contribution >= 0.6 is 0 Å². The fourth-order valence-corrected chi connectivity index (χ4v) is 1.89. The molecule has 86 valence electrons. The predicted molar refractivity (Wildman–Crippen MR) is 66.5 cm³/mol. The van der Waals surface area contributed by atoms with Crippen LogP contribution in [0.15, 0.2) is 48.5 Å². The third kappa shape index (κ3) is 1.69. The van der Waals surface area contributed by atoms with Gasteiger partial charge in [-0.2, -0.15) is 0 Å². The molecule has 17 heavy (non-hydrogen) atoms. The lowest BCUT2D eigenvalue weighted by Gasteiger charge is -2.33. The van der Waals surface area contributed by atoms with Gasteiger partial charge in [0.15, 0.2) is 0 Å². The lowest BCUT2D eigenvalue weighted by Crippen LogP contribution is -2.16. The number of fused-ring (bicyclic) bond motifs is 2. The van der Waals surface area contributed by atoms with Gasteiger partial charge in [-0.1, -0.05) is 24.3 Å². The van der Waals surface area contributed by atoms with Gasteiger partial charge in [-0.15, -0.1) is 0 Å². The zero-order valence-electron chi connectivity index (χ0n) is 9.30. The summed E-state index contributed by atoms with van der Waals surface area (Å²) < 4.78 is 11.1. The summed E-state index contributed by atoms with van der Waals surface area (Å²) in [6, 6.07) is 15.6. The van der Waals surface area contributed by atoms with Crippen molar-refractivity contribution in [3.63, 3.8) is 0 Å². The van der Waals surface area contributed by atoms with Gasteiger partial charge in [-0.3, -0.25) is 0 Å². The van der Waals surface area contributed by atoms with Crippen molar-refractivity contribution in [3.8, 4) is 11.5 Å². The molecular weight excluding hydrogens is 214 g/mol. The smallest absolute Gasteiger partial charge is 0.231 e. The Morgan fingerprint density at radius 3 is 1.82 bits per heavy atom. The molecule has 0 atom stereocenters. The van der Waals surface area contributed by atoms with E-state index in [-0.39, 0.29) is 6.79 Å². The number of anilines is 2. The first-order valence-electron chi connectivity index (χ1n) is 5.40. The molecule has 3 heteroatoms. The minimum atomic E-state index is 0.210. The van der Waals surface area contributed by atoms with Gasteiger partial charge in [-0.25, -0.2) is 7.05 Å². The largest absolute Gasteiger partial charge is 0.491 e. The minimum absolute atomic E-state index is 0.210. The molecule has 0 saturated heterocycles. The molecule has 0 aromatic heterocycles. The van der Waals surface area contributed by atoms with Crippen molar-refractivity contribution in [2.45, 2.75) is 0 Å². The van der Waals surface area contributed by atoms with E-state index in [2.05, 4.69) is 7.05 Å². The normalized spacial score (nSPS) is 13.6. The molecule has 1 aliphatic rings. The van der Waals surface area contributed by atoms with Crippen LogP contribution in [0.1, 0.15) is 0 Å². The van der Waals surface area contributed by atoms with Gasteiger partial charge in [0.1, 0.15) is 11.5 Å². The number of rotatable bonds is 0. The van der Waals surface area contributed by atoms with Crippen LogP contribution in [0.25, 0.3) is 0 Å². The zero-order valence-corrected chi connectivity index (χ0v) is 9.30. The molecule has 0 N–H and O–H groups in total. The highest BCUT2D eigenvalue weighted by molar-refractivity contribution is 5.74. The summed E-state index contributed by atoms with van der Waals surface area (Å²) in [5, 5.41) is 0. The minimum Gasteiger partial charge on any atom is -0.491 e. The fourth-order valence-electron chi connectivity index (χ4n) is 1.89. The topological polar surface area (TPSA) is 21.7 Å². The maximum Gasteiger partial charge on any atom is 0.231 e. The van der Waals surface area contributed by atoms with Gasteiger partial charge in [0.05, 0.1) is 11.4 Å². The number of ether oxygens (including phenoxy) is 2. The number of para-hydroxylation sites is 4. The van der Waals surface area contributed by atoms with E-state index >= 15 is 0 Å². The van der Waals surface area contributed by atoms with Crippen molar-refractivity contribution < 1.29 is 9.47 Å². The second-order valence-corrected chi connectivity index (χ2v) is 3.77. The molecule has 0 radical (unpaired) electrons. The number of benzene rings is 2. The van der Waals surface area contributed by atoms with Gasteiger partial charge in [0, 0.05) is 0 Å². The van der Waals surface area contributed by atoms with Gasteiger partial charge >= 0.3 is 0 Å². The van der Waals surface area contributed by atoms with E-state index in [1.54, 1.807) is 0 Å². The Morgan fingerprint density at radius 1 is 0.824 bits per heavy atom. The highest BCUT2D eigenvalue weighted by atomic mass is 16.7. The van der Waals surface area contributed by atoms with Crippen LogP contribution in [0.2, 0.25) is 0 Å². The highest BCUT2D eigenvalue weighted by Crippen LogP contribution is 2.39. The summed E-state index contributed by atoms with van der Waals surface area (Å²) in [5.74, 6) is 1.55. The molecule has 2 aromatic rings. The molecule has 3 rings (SSSR count). The van der Waals surface area contributed by atoms with E-state index in [0.717, 1.165) is 22.9 Å². The molecule has 0 amide bonds. The van der Waals surface area contributed by atoms with E-state index < -0.39 is 0 Å². The third-order valence-corrected chi connectivity index (χ3v) is 2.74. The van der Waals surface area contributed by atoms with E-state index in [9.17, 15) is 0 Å². The van der Waals surface area contributed by atoms with Gasteiger partial charge in [-0.05, 0) is 24.3 Å². The van der Waals surface area contributed by atoms with Crippen LogP contribution in [0.4, 0.5) is 11.4 Å². The lowest BCUT2D eigenvalue weighted by atomic mass is 10.2. The van der Waals surface area contributed by atoms with Crippen molar-refractivity contribution in [2.24, 2.45) is 0 Å². The second kappa shape index (κ2) is 4.01. The maximum atomic E-state index is 5.55. The first kappa shape index (κ1) is 10.0. The molecule has 2 aromatic carbocycles. The Kier molecular flexibility index (Phi) is 2.37. The maximum absolute atomic E-state index is 5.55. The first-order valence-corrected chi connectivity index (χ1v) is 5.40. The number of hydrogen-bond acceptors (Lipinski definition) is 3. The Hall–Kier alpha value is -2.16. The van der Waals surface area contributed by atoms with Crippen LogP contribution in [0, 0.1) is 7.05 Å². The molecule has 1 aliphatic heterocycles. The van der Waals surface area contributed by atoms with E-state index in [4.69, 9.17) is 9.47 Å². The van der Waals surface area contributed by atoms with Crippen molar-refractivity contribution in [2.75, 3.05) is 11.7 Å². The zero-order chi connectivity index (χ0) is 11.7.